The number of rotatable bonds is 3. The summed E-state index contributed by atoms with van der Waals surface area (Å²) >= 11 is 3.47. The third-order valence-corrected chi connectivity index (χ3v) is 3.70. The normalized spacial score (nSPS) is 22.0. The minimum Gasteiger partial charge on any atom is -0.311 e. The Kier molecular flexibility index (Phi) is 4.54. The summed E-state index contributed by atoms with van der Waals surface area (Å²) in [4.78, 5) is 6.72. The van der Waals surface area contributed by atoms with Gasteiger partial charge in [-0.3, -0.25) is 9.88 Å². The van der Waals surface area contributed by atoms with E-state index in [9.17, 15) is 0 Å². The number of nitrogens with zero attached hydrogens (tertiary/aromatic N) is 2. The van der Waals surface area contributed by atoms with Gasteiger partial charge >= 0.3 is 0 Å². The Bertz CT molecular complexity index is 367. The molecule has 0 amide bonds. The molecule has 94 valence electrons. The number of hydrogen-bond donors (Lipinski definition) is 1. The Labute approximate surface area is 112 Å². The second-order valence-corrected chi connectivity index (χ2v) is 5.97. The molecule has 3 nitrogen and oxygen atoms in total. The van der Waals surface area contributed by atoms with Crippen LogP contribution in [0.15, 0.2) is 22.9 Å². The van der Waals surface area contributed by atoms with Crippen LogP contribution in [0, 0.1) is 5.92 Å². The van der Waals surface area contributed by atoms with Crippen molar-refractivity contribution >= 4 is 15.9 Å². The van der Waals surface area contributed by atoms with E-state index in [4.69, 9.17) is 0 Å². The number of nitrogens with one attached hydrogen (secondary N) is 1. The molecule has 0 saturated carbocycles. The second-order valence-electron chi connectivity index (χ2n) is 5.05. The van der Waals surface area contributed by atoms with Crippen LogP contribution in [-0.2, 0) is 6.54 Å². The van der Waals surface area contributed by atoms with Crippen LogP contribution in [0.25, 0.3) is 0 Å². The smallest absolute Gasteiger partial charge is 0.0410 e. The molecule has 17 heavy (non-hydrogen) atoms. The van der Waals surface area contributed by atoms with Gasteiger partial charge in [0.15, 0.2) is 0 Å². The highest BCUT2D eigenvalue weighted by atomic mass is 79.9. The molecule has 1 fully saturated rings. The van der Waals surface area contributed by atoms with Crippen molar-refractivity contribution in [2.75, 3.05) is 19.6 Å². The van der Waals surface area contributed by atoms with Crippen molar-refractivity contribution in [1.82, 2.24) is 15.2 Å². The van der Waals surface area contributed by atoms with Crippen LogP contribution in [0.1, 0.15) is 19.4 Å². The monoisotopic (exact) mass is 297 g/mol. The van der Waals surface area contributed by atoms with Crippen LogP contribution in [0.5, 0.6) is 0 Å². The molecule has 1 aromatic heterocycles. The van der Waals surface area contributed by atoms with Crippen molar-refractivity contribution in [3.8, 4) is 0 Å². The fourth-order valence-corrected chi connectivity index (χ4v) is 2.64. The summed E-state index contributed by atoms with van der Waals surface area (Å²) in [5.41, 5.74) is 1.28. The van der Waals surface area contributed by atoms with Gasteiger partial charge in [0.05, 0.1) is 0 Å². The maximum Gasteiger partial charge on any atom is 0.0410 e. The van der Waals surface area contributed by atoms with Gasteiger partial charge in [-0.15, -0.1) is 0 Å². The minimum atomic E-state index is 0.615. The summed E-state index contributed by atoms with van der Waals surface area (Å²) in [6.07, 6.45) is 3.79. The Balaban J connectivity index is 1.94. The largest absolute Gasteiger partial charge is 0.311 e. The van der Waals surface area contributed by atoms with E-state index < -0.39 is 0 Å². The van der Waals surface area contributed by atoms with Crippen LogP contribution in [0.4, 0.5) is 0 Å². The Morgan fingerprint density at radius 2 is 2.35 bits per heavy atom. The highest BCUT2D eigenvalue weighted by Crippen LogP contribution is 2.14. The summed E-state index contributed by atoms with van der Waals surface area (Å²) in [5, 5.41) is 3.58. The molecular formula is C13H20BrN3. The Morgan fingerprint density at radius 3 is 3.06 bits per heavy atom. The molecule has 1 atom stereocenters. The molecule has 1 aliphatic rings. The van der Waals surface area contributed by atoms with Crippen LogP contribution in [0.3, 0.4) is 0 Å². The molecule has 2 heterocycles. The van der Waals surface area contributed by atoms with E-state index in [1.54, 1.807) is 0 Å². The lowest BCUT2D eigenvalue weighted by Gasteiger charge is -2.35. The van der Waals surface area contributed by atoms with Gasteiger partial charge in [-0.1, -0.05) is 13.8 Å². The molecule has 0 bridgehead atoms. The summed E-state index contributed by atoms with van der Waals surface area (Å²) < 4.78 is 1.06. The molecule has 0 aromatic carbocycles. The van der Waals surface area contributed by atoms with Crippen molar-refractivity contribution in [1.29, 1.82) is 0 Å². The van der Waals surface area contributed by atoms with Gasteiger partial charge in [0, 0.05) is 49.1 Å². The third-order valence-electron chi connectivity index (χ3n) is 3.26. The first-order valence-electron chi connectivity index (χ1n) is 6.20. The predicted molar refractivity (Wildman–Crippen MR) is 73.8 cm³/mol. The maximum absolute atomic E-state index is 4.21. The zero-order valence-electron chi connectivity index (χ0n) is 10.5. The number of piperazine rings is 1. The lowest BCUT2D eigenvalue weighted by molar-refractivity contribution is 0.168. The number of hydrogen-bond acceptors (Lipinski definition) is 3. The molecule has 0 spiro atoms. The summed E-state index contributed by atoms with van der Waals surface area (Å²) in [5.74, 6) is 0.693. The zero-order valence-corrected chi connectivity index (χ0v) is 12.1. The SMILES string of the molecule is CC(C)C1CN(Cc2cncc(Br)c2)CCN1. The molecule has 1 aliphatic heterocycles. The lowest BCUT2D eigenvalue weighted by atomic mass is 10.0. The number of halogens is 1. The van der Waals surface area contributed by atoms with Gasteiger partial charge in [-0.2, -0.15) is 0 Å². The van der Waals surface area contributed by atoms with Gasteiger partial charge in [-0.25, -0.2) is 0 Å². The summed E-state index contributed by atoms with van der Waals surface area (Å²) in [7, 11) is 0. The highest BCUT2D eigenvalue weighted by molar-refractivity contribution is 9.10. The first kappa shape index (κ1) is 13.0. The molecule has 1 aromatic rings. The summed E-state index contributed by atoms with van der Waals surface area (Å²) in [6.45, 7) is 8.89. The predicted octanol–water partition coefficient (Wildman–Crippen LogP) is 2.27. The standard InChI is InChI=1S/C13H20BrN3/c1-10(2)13-9-17(4-3-16-13)8-11-5-12(14)7-15-6-11/h5-7,10,13,16H,3-4,8-9H2,1-2H3. The topological polar surface area (TPSA) is 28.2 Å². The van der Waals surface area contributed by atoms with Crippen molar-refractivity contribution < 1.29 is 0 Å². The Hall–Kier alpha value is -0.450. The lowest BCUT2D eigenvalue weighted by Crippen LogP contribution is -2.52. The highest BCUT2D eigenvalue weighted by Gasteiger charge is 2.21. The quantitative estimate of drug-likeness (QED) is 0.928. The number of pyridine rings is 1. The fourth-order valence-electron chi connectivity index (χ4n) is 2.23. The zero-order chi connectivity index (χ0) is 12.3. The van der Waals surface area contributed by atoms with E-state index in [1.165, 1.54) is 5.56 Å². The second kappa shape index (κ2) is 5.94. The maximum atomic E-state index is 4.21. The first-order chi connectivity index (χ1) is 8.15. The van der Waals surface area contributed by atoms with Crippen molar-refractivity contribution in [3.63, 3.8) is 0 Å². The molecule has 2 rings (SSSR count). The van der Waals surface area contributed by atoms with E-state index in [0.29, 0.717) is 12.0 Å². The minimum absolute atomic E-state index is 0.615. The van der Waals surface area contributed by atoms with Crippen LogP contribution in [-0.4, -0.2) is 35.6 Å². The molecule has 4 heteroatoms. The van der Waals surface area contributed by atoms with Crippen LogP contribution < -0.4 is 5.32 Å². The Morgan fingerprint density at radius 1 is 1.53 bits per heavy atom. The average Bonchev–Trinajstić information content (AvgIpc) is 2.29. The van der Waals surface area contributed by atoms with Gasteiger partial charge < -0.3 is 5.32 Å². The van der Waals surface area contributed by atoms with E-state index >= 15 is 0 Å². The molecular weight excluding hydrogens is 278 g/mol. The first-order valence-corrected chi connectivity index (χ1v) is 6.99. The van der Waals surface area contributed by atoms with E-state index in [2.05, 4.69) is 51.0 Å². The van der Waals surface area contributed by atoms with Crippen molar-refractivity contribution in [2.24, 2.45) is 5.92 Å². The van der Waals surface area contributed by atoms with Crippen molar-refractivity contribution in [2.45, 2.75) is 26.4 Å². The molecule has 0 radical (unpaired) electrons. The number of aromatic nitrogens is 1. The molecule has 1 N–H and O–H groups in total. The van der Waals surface area contributed by atoms with E-state index in [1.807, 2.05) is 12.4 Å². The van der Waals surface area contributed by atoms with E-state index in [0.717, 1.165) is 30.7 Å². The van der Waals surface area contributed by atoms with E-state index in [-0.39, 0.29) is 0 Å². The third kappa shape index (κ3) is 3.76. The van der Waals surface area contributed by atoms with Gasteiger partial charge in [0.25, 0.3) is 0 Å². The molecule has 1 unspecified atom stereocenters. The van der Waals surface area contributed by atoms with Crippen LogP contribution in [0.2, 0.25) is 0 Å². The summed E-state index contributed by atoms with van der Waals surface area (Å²) in [6, 6.07) is 2.77. The molecule has 0 aliphatic carbocycles. The van der Waals surface area contributed by atoms with Crippen molar-refractivity contribution in [3.05, 3.63) is 28.5 Å². The molecule has 1 saturated heterocycles. The van der Waals surface area contributed by atoms with Gasteiger partial charge in [0.1, 0.15) is 0 Å². The average molecular weight is 298 g/mol. The van der Waals surface area contributed by atoms with Gasteiger partial charge in [0.2, 0.25) is 0 Å². The fraction of sp³-hybridized carbons (Fsp3) is 0.615. The van der Waals surface area contributed by atoms with Crippen LogP contribution >= 0.6 is 15.9 Å². The van der Waals surface area contributed by atoms with Gasteiger partial charge in [-0.05, 0) is 33.5 Å².